The van der Waals surface area contributed by atoms with Crippen molar-refractivity contribution in [3.63, 3.8) is 0 Å². The molecule has 2 fully saturated rings. The molecule has 2 aliphatic rings. The monoisotopic (exact) mass is 373 g/mol. The van der Waals surface area contributed by atoms with Gasteiger partial charge in [-0.1, -0.05) is 12.8 Å². The zero-order chi connectivity index (χ0) is 18.8. The molecule has 6 heteroatoms. The second-order valence-electron chi connectivity index (χ2n) is 7.98. The molecule has 3 N–H and O–H groups in total. The maximum atomic E-state index is 13.3. The fraction of sp³-hybridized carbons (Fsp3) is 0.571. The van der Waals surface area contributed by atoms with Crippen molar-refractivity contribution in [2.45, 2.75) is 63.1 Å². The zero-order valence-corrected chi connectivity index (χ0v) is 15.6. The minimum absolute atomic E-state index is 0.0105. The van der Waals surface area contributed by atoms with Gasteiger partial charge in [0.1, 0.15) is 5.82 Å². The summed E-state index contributed by atoms with van der Waals surface area (Å²) in [5.41, 5.74) is 1.61. The number of benzene rings is 1. The Labute approximate surface area is 158 Å². The molecule has 27 heavy (non-hydrogen) atoms. The van der Waals surface area contributed by atoms with Crippen molar-refractivity contribution in [1.82, 2.24) is 15.2 Å². The van der Waals surface area contributed by atoms with Crippen LogP contribution in [0.3, 0.4) is 0 Å². The van der Waals surface area contributed by atoms with Gasteiger partial charge in [-0.05, 0) is 49.4 Å². The lowest BCUT2D eigenvalue weighted by Crippen LogP contribution is -2.52. The number of hydrogen-bond donors (Lipinski definition) is 3. The Morgan fingerprint density at radius 1 is 1.22 bits per heavy atom. The highest BCUT2D eigenvalue weighted by atomic mass is 19.1. The van der Waals surface area contributed by atoms with Crippen LogP contribution in [-0.4, -0.2) is 52.2 Å². The van der Waals surface area contributed by atoms with Gasteiger partial charge >= 0.3 is 0 Å². The van der Waals surface area contributed by atoms with Crippen LogP contribution >= 0.6 is 0 Å². The second kappa shape index (κ2) is 7.98. The van der Waals surface area contributed by atoms with Crippen LogP contribution in [0.2, 0.25) is 0 Å². The van der Waals surface area contributed by atoms with Gasteiger partial charge < -0.3 is 15.4 Å². The molecule has 4 rings (SSSR count). The minimum Gasteiger partial charge on any atom is -0.391 e. The van der Waals surface area contributed by atoms with Gasteiger partial charge in [-0.2, -0.15) is 0 Å². The summed E-state index contributed by atoms with van der Waals surface area (Å²) in [6.45, 7) is 1.86. The molecule has 1 aliphatic carbocycles. The smallest absolute Gasteiger partial charge is 0.224 e. The third-order valence-electron chi connectivity index (χ3n) is 6.14. The number of aromatic amines is 1. The molecule has 0 bridgehead atoms. The molecule has 146 valence electrons. The molecule has 2 unspecified atom stereocenters. The lowest BCUT2D eigenvalue weighted by molar-refractivity contribution is -0.121. The van der Waals surface area contributed by atoms with E-state index >= 15 is 0 Å². The molecule has 1 saturated heterocycles. The number of rotatable bonds is 4. The van der Waals surface area contributed by atoms with Crippen molar-refractivity contribution in [3.05, 3.63) is 35.8 Å². The van der Waals surface area contributed by atoms with Gasteiger partial charge in [-0.3, -0.25) is 9.69 Å². The summed E-state index contributed by atoms with van der Waals surface area (Å²) in [4.78, 5) is 17.9. The van der Waals surface area contributed by atoms with E-state index in [0.29, 0.717) is 12.5 Å². The molecule has 1 aromatic carbocycles. The van der Waals surface area contributed by atoms with E-state index in [9.17, 15) is 14.3 Å². The summed E-state index contributed by atoms with van der Waals surface area (Å²) in [6, 6.07) is 5.08. The number of carbonyl (C=O) groups excluding carboxylic acids is 1. The van der Waals surface area contributed by atoms with E-state index in [-0.39, 0.29) is 23.9 Å². The number of carbonyl (C=O) groups is 1. The number of halogens is 1. The zero-order valence-electron chi connectivity index (χ0n) is 15.6. The maximum absolute atomic E-state index is 13.3. The number of likely N-dealkylation sites (tertiary alicyclic amines) is 1. The number of amides is 1. The van der Waals surface area contributed by atoms with Crippen molar-refractivity contribution >= 4 is 16.8 Å². The summed E-state index contributed by atoms with van der Waals surface area (Å²) in [6.07, 6.45) is 8.07. The number of nitrogens with zero attached hydrogens (tertiary/aromatic N) is 1. The summed E-state index contributed by atoms with van der Waals surface area (Å²) in [5.74, 6) is -0.272. The van der Waals surface area contributed by atoms with Gasteiger partial charge in [-0.15, -0.1) is 0 Å². The van der Waals surface area contributed by atoms with Gasteiger partial charge in [0.2, 0.25) is 5.91 Å². The average Bonchev–Trinajstić information content (AvgIpc) is 3.04. The number of aliphatic hydroxyl groups excluding tert-OH is 1. The number of aliphatic hydroxyl groups is 1. The standard InChI is InChI=1S/C21H28FN3O2/c22-15-5-6-17-14(13-23-18(17)12-15)11-21(27)24-16-7-9-25(10-8-16)19-3-1-2-4-20(19)26/h5-6,12-13,16,19-20,23,26H,1-4,7-11H2,(H,24,27). The first-order valence-electron chi connectivity index (χ1n) is 10.1. The number of H-pyrrole nitrogens is 1. The fourth-order valence-electron chi connectivity index (χ4n) is 4.65. The highest BCUT2D eigenvalue weighted by Gasteiger charge is 2.31. The normalized spacial score (nSPS) is 25.0. The lowest BCUT2D eigenvalue weighted by Gasteiger charge is -2.41. The first kappa shape index (κ1) is 18.4. The van der Waals surface area contributed by atoms with Crippen molar-refractivity contribution < 1.29 is 14.3 Å². The molecule has 2 aromatic rings. The van der Waals surface area contributed by atoms with Gasteiger partial charge in [-0.25, -0.2) is 4.39 Å². The van der Waals surface area contributed by atoms with Gasteiger partial charge in [0.25, 0.3) is 0 Å². The van der Waals surface area contributed by atoms with E-state index in [1.54, 1.807) is 12.3 Å². The van der Waals surface area contributed by atoms with Crippen LogP contribution in [-0.2, 0) is 11.2 Å². The minimum atomic E-state index is -0.282. The predicted octanol–water partition coefficient (Wildman–Crippen LogP) is 2.73. The molecule has 1 saturated carbocycles. The number of nitrogens with one attached hydrogen (secondary N) is 2. The van der Waals surface area contributed by atoms with Crippen molar-refractivity contribution in [2.75, 3.05) is 13.1 Å². The van der Waals surface area contributed by atoms with Crippen molar-refractivity contribution in [2.24, 2.45) is 0 Å². The van der Waals surface area contributed by atoms with Crippen LogP contribution in [0.25, 0.3) is 10.9 Å². The first-order valence-corrected chi connectivity index (χ1v) is 10.1. The Bertz CT molecular complexity index is 798. The molecule has 1 amide bonds. The largest absolute Gasteiger partial charge is 0.391 e. The topological polar surface area (TPSA) is 68.4 Å². The Balaban J connectivity index is 1.29. The van der Waals surface area contributed by atoms with Gasteiger partial charge in [0.15, 0.2) is 0 Å². The molecule has 1 aromatic heterocycles. The molecule has 5 nitrogen and oxygen atoms in total. The molecule has 2 heterocycles. The molecular weight excluding hydrogens is 345 g/mol. The number of fused-ring (bicyclic) bond motifs is 1. The SMILES string of the molecule is O=C(Cc1c[nH]c2cc(F)ccc12)NC1CCN(C2CCCCC2O)CC1. The van der Waals surface area contributed by atoms with E-state index in [1.807, 2.05) is 0 Å². The third-order valence-corrected chi connectivity index (χ3v) is 6.14. The highest BCUT2D eigenvalue weighted by molar-refractivity contribution is 5.89. The van der Waals surface area contributed by atoms with E-state index in [2.05, 4.69) is 15.2 Å². The molecule has 0 spiro atoms. The maximum Gasteiger partial charge on any atom is 0.224 e. The average molecular weight is 373 g/mol. The summed E-state index contributed by atoms with van der Waals surface area (Å²) >= 11 is 0. The quantitative estimate of drug-likeness (QED) is 0.772. The van der Waals surface area contributed by atoms with Crippen LogP contribution in [0.5, 0.6) is 0 Å². The van der Waals surface area contributed by atoms with Crippen LogP contribution < -0.4 is 5.32 Å². The number of piperidine rings is 1. The highest BCUT2D eigenvalue weighted by Crippen LogP contribution is 2.26. The Hall–Kier alpha value is -1.92. The van der Waals surface area contributed by atoms with Crippen LogP contribution in [0.15, 0.2) is 24.4 Å². The Morgan fingerprint density at radius 2 is 2.00 bits per heavy atom. The predicted molar refractivity (Wildman–Crippen MR) is 103 cm³/mol. The fourth-order valence-corrected chi connectivity index (χ4v) is 4.65. The molecular formula is C21H28FN3O2. The van der Waals surface area contributed by atoms with Crippen LogP contribution in [0.4, 0.5) is 4.39 Å². The second-order valence-corrected chi connectivity index (χ2v) is 7.98. The molecule has 0 radical (unpaired) electrons. The van der Waals surface area contributed by atoms with Crippen LogP contribution in [0, 0.1) is 5.82 Å². The van der Waals surface area contributed by atoms with E-state index in [0.717, 1.165) is 61.7 Å². The number of aromatic nitrogens is 1. The van der Waals surface area contributed by atoms with E-state index in [1.165, 1.54) is 18.6 Å². The van der Waals surface area contributed by atoms with Crippen molar-refractivity contribution in [3.8, 4) is 0 Å². The van der Waals surface area contributed by atoms with E-state index < -0.39 is 0 Å². The first-order chi connectivity index (χ1) is 13.1. The molecule has 1 aliphatic heterocycles. The third kappa shape index (κ3) is 4.17. The Kier molecular flexibility index (Phi) is 5.45. The molecule has 2 atom stereocenters. The summed E-state index contributed by atoms with van der Waals surface area (Å²) in [5, 5.41) is 14.3. The van der Waals surface area contributed by atoms with Crippen molar-refractivity contribution in [1.29, 1.82) is 0 Å². The summed E-state index contributed by atoms with van der Waals surface area (Å²) in [7, 11) is 0. The van der Waals surface area contributed by atoms with Gasteiger partial charge in [0.05, 0.1) is 12.5 Å². The lowest BCUT2D eigenvalue weighted by atomic mass is 9.89. The summed E-state index contributed by atoms with van der Waals surface area (Å²) < 4.78 is 13.3. The number of hydrogen-bond acceptors (Lipinski definition) is 3. The van der Waals surface area contributed by atoms with Crippen LogP contribution in [0.1, 0.15) is 44.1 Å². The Morgan fingerprint density at radius 3 is 2.78 bits per heavy atom. The van der Waals surface area contributed by atoms with E-state index in [4.69, 9.17) is 0 Å². The van der Waals surface area contributed by atoms with Gasteiger partial charge in [0, 0.05) is 42.3 Å².